The van der Waals surface area contributed by atoms with Crippen LogP contribution in [0.2, 0.25) is 0 Å². The van der Waals surface area contributed by atoms with Crippen molar-refractivity contribution in [2.45, 2.75) is 38.6 Å². The molecule has 0 spiro atoms. The summed E-state index contributed by atoms with van der Waals surface area (Å²) < 4.78 is 62.5. The van der Waals surface area contributed by atoms with Crippen LogP contribution < -0.4 is 10.5 Å². The quantitative estimate of drug-likeness (QED) is 0.802. The second-order valence-electron chi connectivity index (χ2n) is 6.12. The van der Waals surface area contributed by atoms with Gasteiger partial charge in [-0.3, -0.25) is 4.79 Å². The number of carbonyl (C=O) groups excluding carboxylic acids is 1. The molecular formula is C18H16F4N2O3. The highest BCUT2D eigenvalue weighted by Gasteiger charge is 2.31. The number of nitrogens with zero attached hydrogens (tertiary/aromatic N) is 1. The van der Waals surface area contributed by atoms with Crippen LogP contribution in [0.1, 0.15) is 29.4 Å². The van der Waals surface area contributed by atoms with Crippen LogP contribution in [0.15, 0.2) is 24.3 Å². The molecule has 1 aliphatic rings. The number of fused-ring (bicyclic) bond motifs is 1. The third kappa shape index (κ3) is 4.02. The fraction of sp³-hybridized carbons (Fsp3) is 0.333. The molecule has 1 aromatic carbocycles. The van der Waals surface area contributed by atoms with Gasteiger partial charge < -0.3 is 15.2 Å². The zero-order valence-electron chi connectivity index (χ0n) is 14.2. The Morgan fingerprint density at radius 2 is 2.04 bits per heavy atom. The van der Waals surface area contributed by atoms with Gasteiger partial charge in [-0.05, 0) is 43.5 Å². The zero-order chi connectivity index (χ0) is 19.7. The Bertz CT molecular complexity index is 876. The van der Waals surface area contributed by atoms with Crippen molar-refractivity contribution >= 4 is 5.91 Å². The third-order valence-electron chi connectivity index (χ3n) is 4.34. The highest BCUT2D eigenvalue weighted by atomic mass is 19.3. The van der Waals surface area contributed by atoms with E-state index in [4.69, 9.17) is 10.5 Å². The molecule has 0 radical (unpaired) electrons. The lowest BCUT2D eigenvalue weighted by Gasteiger charge is -2.30. The Hall–Kier alpha value is -2.68. The van der Waals surface area contributed by atoms with Gasteiger partial charge in [-0.1, -0.05) is 0 Å². The standard InChI is InChI=1S/C18H16F4N2O3/c1-8(26-18(21)22)15-5-4-11-12(10-3-2-9(19)6-13(10)20)7-14(16(23)25)24-17(11)27-15/h2-3,6-8,15,18H,4-5H2,1H3,(H2,23,25)/t8-,15+/m0/s1. The van der Waals surface area contributed by atoms with Crippen LogP contribution in [-0.4, -0.2) is 29.7 Å². The van der Waals surface area contributed by atoms with Crippen LogP contribution in [0, 0.1) is 11.6 Å². The SMILES string of the molecule is C[C@H](OC(F)F)[C@H]1CCc2c(-c3ccc(F)cc3F)cc(C(N)=O)nc2O1. The molecule has 2 atom stereocenters. The van der Waals surface area contributed by atoms with E-state index in [0.29, 0.717) is 18.4 Å². The summed E-state index contributed by atoms with van der Waals surface area (Å²) >= 11 is 0. The van der Waals surface area contributed by atoms with Crippen molar-refractivity contribution in [1.82, 2.24) is 4.98 Å². The molecular weight excluding hydrogens is 368 g/mol. The van der Waals surface area contributed by atoms with Gasteiger partial charge >= 0.3 is 6.61 Å². The monoisotopic (exact) mass is 384 g/mol. The molecule has 0 saturated heterocycles. The lowest BCUT2D eigenvalue weighted by atomic mass is 9.93. The number of primary amides is 1. The van der Waals surface area contributed by atoms with E-state index in [-0.39, 0.29) is 22.7 Å². The average Bonchev–Trinajstić information content (AvgIpc) is 2.59. The van der Waals surface area contributed by atoms with Crippen LogP contribution >= 0.6 is 0 Å². The third-order valence-corrected chi connectivity index (χ3v) is 4.34. The largest absolute Gasteiger partial charge is 0.471 e. The number of hydrogen-bond acceptors (Lipinski definition) is 4. The van der Waals surface area contributed by atoms with E-state index < -0.39 is 36.4 Å². The van der Waals surface area contributed by atoms with E-state index >= 15 is 0 Å². The van der Waals surface area contributed by atoms with Crippen molar-refractivity contribution in [3.8, 4) is 17.0 Å². The fourth-order valence-corrected chi connectivity index (χ4v) is 3.03. The molecule has 5 nitrogen and oxygen atoms in total. The van der Waals surface area contributed by atoms with E-state index in [1.165, 1.54) is 19.1 Å². The number of pyridine rings is 1. The molecule has 144 valence electrons. The summed E-state index contributed by atoms with van der Waals surface area (Å²) in [7, 11) is 0. The summed E-state index contributed by atoms with van der Waals surface area (Å²) in [6, 6.07) is 4.34. The van der Waals surface area contributed by atoms with E-state index in [2.05, 4.69) is 9.72 Å². The molecule has 2 N–H and O–H groups in total. The minimum Gasteiger partial charge on any atom is -0.471 e. The van der Waals surface area contributed by atoms with Gasteiger partial charge in [0.25, 0.3) is 5.91 Å². The Kier molecular flexibility index (Phi) is 5.31. The number of amides is 1. The first-order valence-corrected chi connectivity index (χ1v) is 8.15. The highest BCUT2D eigenvalue weighted by Crippen LogP contribution is 2.37. The first-order chi connectivity index (χ1) is 12.8. The first kappa shape index (κ1) is 19.1. The van der Waals surface area contributed by atoms with Gasteiger partial charge in [-0.2, -0.15) is 8.78 Å². The lowest BCUT2D eigenvalue weighted by Crippen LogP contribution is -2.36. The van der Waals surface area contributed by atoms with Crippen LogP contribution in [0.5, 0.6) is 5.88 Å². The van der Waals surface area contributed by atoms with E-state index in [0.717, 1.165) is 12.1 Å². The predicted molar refractivity (Wildman–Crippen MR) is 87.4 cm³/mol. The molecule has 0 unspecified atom stereocenters. The van der Waals surface area contributed by atoms with Crippen molar-refractivity contribution < 1.29 is 31.8 Å². The van der Waals surface area contributed by atoms with Gasteiger partial charge in [0.1, 0.15) is 23.4 Å². The summed E-state index contributed by atoms with van der Waals surface area (Å²) in [6.07, 6.45) is -1.03. The summed E-state index contributed by atoms with van der Waals surface area (Å²) in [5.41, 5.74) is 5.91. The molecule has 1 aromatic heterocycles. The minimum atomic E-state index is -2.96. The number of aromatic nitrogens is 1. The summed E-state index contributed by atoms with van der Waals surface area (Å²) in [5.74, 6) is -2.45. The number of ether oxygens (including phenoxy) is 2. The normalized spacial score (nSPS) is 17.3. The number of halogens is 4. The van der Waals surface area contributed by atoms with E-state index in [1.807, 2.05) is 0 Å². The summed E-state index contributed by atoms with van der Waals surface area (Å²) in [6.45, 7) is -1.53. The molecule has 0 aliphatic carbocycles. The maximum Gasteiger partial charge on any atom is 0.345 e. The molecule has 0 fully saturated rings. The molecule has 2 heterocycles. The second kappa shape index (κ2) is 7.51. The fourth-order valence-electron chi connectivity index (χ4n) is 3.03. The molecule has 0 saturated carbocycles. The van der Waals surface area contributed by atoms with Gasteiger partial charge in [0.05, 0.1) is 6.10 Å². The van der Waals surface area contributed by atoms with Crippen molar-refractivity contribution in [3.05, 3.63) is 47.2 Å². The van der Waals surface area contributed by atoms with Gasteiger partial charge in [0.2, 0.25) is 5.88 Å². The molecule has 27 heavy (non-hydrogen) atoms. The molecule has 3 rings (SSSR count). The molecule has 9 heteroatoms. The highest BCUT2D eigenvalue weighted by molar-refractivity contribution is 5.93. The van der Waals surface area contributed by atoms with Gasteiger partial charge in [-0.25, -0.2) is 13.8 Å². The number of benzene rings is 1. The number of rotatable bonds is 5. The van der Waals surface area contributed by atoms with Gasteiger partial charge in [0, 0.05) is 17.2 Å². The number of alkyl halides is 2. The van der Waals surface area contributed by atoms with Crippen LogP contribution in [0.4, 0.5) is 17.6 Å². The van der Waals surface area contributed by atoms with E-state index in [1.54, 1.807) is 0 Å². The molecule has 0 bridgehead atoms. The molecule has 1 amide bonds. The van der Waals surface area contributed by atoms with Crippen LogP contribution in [0.25, 0.3) is 11.1 Å². The Labute approximate surface area is 152 Å². The van der Waals surface area contributed by atoms with Gasteiger partial charge in [0.15, 0.2) is 0 Å². The minimum absolute atomic E-state index is 0.00834. The number of hydrogen-bond donors (Lipinski definition) is 1. The maximum absolute atomic E-state index is 14.3. The maximum atomic E-state index is 14.3. The Morgan fingerprint density at radius 3 is 2.67 bits per heavy atom. The van der Waals surface area contributed by atoms with Crippen LogP contribution in [-0.2, 0) is 11.2 Å². The predicted octanol–water partition coefficient (Wildman–Crippen LogP) is 3.45. The van der Waals surface area contributed by atoms with Gasteiger partial charge in [-0.15, -0.1) is 0 Å². The Morgan fingerprint density at radius 1 is 1.30 bits per heavy atom. The lowest BCUT2D eigenvalue weighted by molar-refractivity contribution is -0.180. The van der Waals surface area contributed by atoms with Crippen LogP contribution in [0.3, 0.4) is 0 Å². The zero-order valence-corrected chi connectivity index (χ0v) is 14.2. The smallest absolute Gasteiger partial charge is 0.345 e. The molecule has 1 aliphatic heterocycles. The summed E-state index contributed by atoms with van der Waals surface area (Å²) in [5, 5.41) is 0. The van der Waals surface area contributed by atoms with E-state index in [9.17, 15) is 22.4 Å². The number of carbonyl (C=O) groups is 1. The van der Waals surface area contributed by atoms with Crippen molar-refractivity contribution in [1.29, 1.82) is 0 Å². The average molecular weight is 384 g/mol. The first-order valence-electron chi connectivity index (χ1n) is 8.15. The Balaban J connectivity index is 2.05. The topological polar surface area (TPSA) is 74.4 Å². The van der Waals surface area contributed by atoms with Crippen molar-refractivity contribution in [2.24, 2.45) is 5.73 Å². The van der Waals surface area contributed by atoms with Crippen molar-refractivity contribution in [2.75, 3.05) is 0 Å². The molecule has 2 aromatic rings. The van der Waals surface area contributed by atoms with Crippen molar-refractivity contribution in [3.63, 3.8) is 0 Å². The second-order valence-corrected chi connectivity index (χ2v) is 6.12. The summed E-state index contributed by atoms with van der Waals surface area (Å²) in [4.78, 5) is 15.6. The number of nitrogens with two attached hydrogens (primary N) is 1.